The molecule has 0 saturated heterocycles. The van der Waals surface area contributed by atoms with Crippen molar-refractivity contribution in [2.24, 2.45) is 4.99 Å². The van der Waals surface area contributed by atoms with E-state index >= 15 is 0 Å². The van der Waals surface area contributed by atoms with E-state index in [0.29, 0.717) is 12.8 Å². The standard InChI is InChI=1S/C13H16ClFN2O2S/c1-2-10-9(7-12-16-5-6-17-12)3-4-11(13(10)14)20(18,19)8-15/h3-4H,2,5-8H2,1H3,(H,16,17). The van der Waals surface area contributed by atoms with Gasteiger partial charge in [-0.25, -0.2) is 12.8 Å². The van der Waals surface area contributed by atoms with Crippen molar-refractivity contribution >= 4 is 27.3 Å². The molecule has 0 amide bonds. The molecule has 7 heteroatoms. The van der Waals surface area contributed by atoms with E-state index in [0.717, 1.165) is 30.1 Å². The molecule has 1 aromatic rings. The number of rotatable bonds is 5. The number of benzene rings is 1. The van der Waals surface area contributed by atoms with Gasteiger partial charge < -0.3 is 5.32 Å². The third-order valence-corrected chi connectivity index (χ3v) is 5.08. The quantitative estimate of drug-likeness (QED) is 0.905. The van der Waals surface area contributed by atoms with E-state index in [2.05, 4.69) is 10.3 Å². The maximum atomic E-state index is 12.6. The van der Waals surface area contributed by atoms with Crippen molar-refractivity contribution < 1.29 is 12.8 Å². The zero-order chi connectivity index (χ0) is 14.8. The molecule has 1 aromatic carbocycles. The van der Waals surface area contributed by atoms with Crippen LogP contribution in [-0.2, 0) is 22.7 Å². The van der Waals surface area contributed by atoms with Gasteiger partial charge in [0.05, 0.1) is 16.5 Å². The van der Waals surface area contributed by atoms with Gasteiger partial charge in [0.2, 0.25) is 9.84 Å². The number of hydrogen-bond acceptors (Lipinski definition) is 4. The zero-order valence-corrected chi connectivity index (χ0v) is 12.7. The highest BCUT2D eigenvalue weighted by molar-refractivity contribution is 7.91. The average Bonchev–Trinajstić information content (AvgIpc) is 2.92. The molecule has 0 bridgehead atoms. The molecule has 20 heavy (non-hydrogen) atoms. The molecule has 0 aromatic heterocycles. The Bertz CT molecular complexity index is 644. The van der Waals surface area contributed by atoms with Crippen LogP contribution >= 0.6 is 11.6 Å². The topological polar surface area (TPSA) is 58.5 Å². The minimum atomic E-state index is -3.95. The number of halogens is 2. The van der Waals surface area contributed by atoms with Crippen LogP contribution in [-0.4, -0.2) is 33.3 Å². The van der Waals surface area contributed by atoms with Gasteiger partial charge in [-0.1, -0.05) is 24.6 Å². The van der Waals surface area contributed by atoms with E-state index in [1.807, 2.05) is 6.92 Å². The molecule has 0 aliphatic carbocycles. The van der Waals surface area contributed by atoms with Crippen molar-refractivity contribution in [3.63, 3.8) is 0 Å². The third-order valence-electron chi connectivity index (χ3n) is 3.24. The summed E-state index contributed by atoms with van der Waals surface area (Å²) >= 11 is 6.16. The Morgan fingerprint density at radius 1 is 1.45 bits per heavy atom. The molecule has 110 valence electrons. The van der Waals surface area contributed by atoms with Gasteiger partial charge in [0.1, 0.15) is 5.84 Å². The normalized spacial score (nSPS) is 15.1. The van der Waals surface area contributed by atoms with E-state index in [4.69, 9.17) is 11.6 Å². The van der Waals surface area contributed by atoms with E-state index < -0.39 is 15.8 Å². The molecule has 0 fully saturated rings. The molecule has 1 aliphatic rings. The molecular formula is C13H16ClFN2O2S. The third kappa shape index (κ3) is 2.96. The van der Waals surface area contributed by atoms with Crippen molar-refractivity contribution in [2.75, 3.05) is 19.1 Å². The summed E-state index contributed by atoms with van der Waals surface area (Å²) in [5, 5.41) is 3.29. The second-order valence-corrected chi connectivity index (χ2v) is 6.79. The molecule has 0 atom stereocenters. The van der Waals surface area contributed by atoms with Gasteiger partial charge in [-0.2, -0.15) is 0 Å². The Labute approximate surface area is 123 Å². The molecule has 0 radical (unpaired) electrons. The maximum Gasteiger partial charge on any atom is 0.208 e. The monoisotopic (exact) mass is 318 g/mol. The highest BCUT2D eigenvalue weighted by Crippen LogP contribution is 2.30. The molecule has 0 saturated carbocycles. The summed E-state index contributed by atoms with van der Waals surface area (Å²) in [5.41, 5.74) is 1.65. The Morgan fingerprint density at radius 3 is 2.75 bits per heavy atom. The lowest BCUT2D eigenvalue weighted by Gasteiger charge is -2.13. The first-order chi connectivity index (χ1) is 9.49. The van der Waals surface area contributed by atoms with Gasteiger partial charge in [0.15, 0.2) is 6.01 Å². The van der Waals surface area contributed by atoms with Gasteiger partial charge in [-0.3, -0.25) is 4.99 Å². The van der Waals surface area contributed by atoms with Gasteiger partial charge in [-0.05, 0) is 23.6 Å². The van der Waals surface area contributed by atoms with Crippen molar-refractivity contribution in [1.82, 2.24) is 5.32 Å². The zero-order valence-electron chi connectivity index (χ0n) is 11.1. The van der Waals surface area contributed by atoms with Crippen molar-refractivity contribution in [3.05, 3.63) is 28.3 Å². The predicted octanol–water partition coefficient (Wildman–Crippen LogP) is 2.15. The van der Waals surface area contributed by atoms with Crippen LogP contribution in [0.2, 0.25) is 5.02 Å². The second kappa shape index (κ2) is 6.10. The largest absolute Gasteiger partial charge is 0.372 e. The number of sulfone groups is 1. The first-order valence-corrected chi connectivity index (χ1v) is 8.38. The Balaban J connectivity index is 2.43. The van der Waals surface area contributed by atoms with Crippen LogP contribution in [0.4, 0.5) is 4.39 Å². The first-order valence-electron chi connectivity index (χ1n) is 6.35. The van der Waals surface area contributed by atoms with Crippen LogP contribution < -0.4 is 5.32 Å². The lowest BCUT2D eigenvalue weighted by Crippen LogP contribution is -2.21. The Morgan fingerprint density at radius 2 is 2.20 bits per heavy atom. The highest BCUT2D eigenvalue weighted by Gasteiger charge is 2.22. The molecule has 1 heterocycles. The van der Waals surface area contributed by atoms with Gasteiger partial charge >= 0.3 is 0 Å². The summed E-state index contributed by atoms with van der Waals surface area (Å²) < 4.78 is 35.9. The minimum Gasteiger partial charge on any atom is -0.372 e. The van der Waals surface area contributed by atoms with E-state index in [9.17, 15) is 12.8 Å². The van der Waals surface area contributed by atoms with Crippen molar-refractivity contribution in [3.8, 4) is 0 Å². The minimum absolute atomic E-state index is 0.126. The Hall–Kier alpha value is -1.14. The van der Waals surface area contributed by atoms with Crippen molar-refractivity contribution in [1.29, 1.82) is 0 Å². The predicted molar refractivity (Wildman–Crippen MR) is 78.0 cm³/mol. The smallest absolute Gasteiger partial charge is 0.208 e. The molecular weight excluding hydrogens is 303 g/mol. The second-order valence-electron chi connectivity index (χ2n) is 4.52. The van der Waals surface area contributed by atoms with Crippen LogP contribution in [0.1, 0.15) is 18.1 Å². The van der Waals surface area contributed by atoms with E-state index in [1.54, 1.807) is 6.07 Å². The number of nitrogens with one attached hydrogen (secondary N) is 1. The van der Waals surface area contributed by atoms with Crippen LogP contribution in [0.5, 0.6) is 0 Å². The summed E-state index contributed by atoms with van der Waals surface area (Å²) in [6, 6.07) is 1.63. The number of amidine groups is 1. The van der Waals surface area contributed by atoms with E-state index in [-0.39, 0.29) is 9.92 Å². The fraction of sp³-hybridized carbons (Fsp3) is 0.462. The van der Waals surface area contributed by atoms with Crippen molar-refractivity contribution in [2.45, 2.75) is 24.7 Å². The molecule has 0 spiro atoms. The van der Waals surface area contributed by atoms with E-state index in [1.165, 1.54) is 6.07 Å². The number of nitrogens with zero attached hydrogens (tertiary/aromatic N) is 1. The summed E-state index contributed by atoms with van der Waals surface area (Å²) in [6.07, 6.45) is 1.16. The SMILES string of the molecule is CCc1c(CC2=NCCN2)ccc(S(=O)(=O)CF)c1Cl. The molecule has 4 nitrogen and oxygen atoms in total. The van der Waals surface area contributed by atoms with Crippen LogP contribution in [0.25, 0.3) is 0 Å². The summed E-state index contributed by atoms with van der Waals surface area (Å²) in [7, 11) is -3.95. The van der Waals surface area contributed by atoms with Crippen LogP contribution in [0.15, 0.2) is 22.0 Å². The fourth-order valence-corrected chi connectivity index (χ4v) is 3.69. The molecule has 0 unspecified atom stereocenters. The molecule has 1 N–H and O–H groups in total. The Kier molecular flexibility index (Phi) is 4.65. The lowest BCUT2D eigenvalue weighted by atomic mass is 10.0. The summed E-state index contributed by atoms with van der Waals surface area (Å²) in [5.74, 6) is 0.872. The summed E-state index contributed by atoms with van der Waals surface area (Å²) in [6.45, 7) is 3.46. The lowest BCUT2D eigenvalue weighted by molar-refractivity contribution is 0.534. The van der Waals surface area contributed by atoms with Gasteiger partial charge in [0, 0.05) is 13.0 Å². The molecule has 1 aliphatic heterocycles. The number of aliphatic imine (C=N–C) groups is 1. The summed E-state index contributed by atoms with van der Waals surface area (Å²) in [4.78, 5) is 4.17. The van der Waals surface area contributed by atoms with Gasteiger partial charge in [0.25, 0.3) is 0 Å². The average molecular weight is 319 g/mol. The maximum absolute atomic E-state index is 12.6. The number of alkyl halides is 1. The molecule has 2 rings (SSSR count). The van der Waals surface area contributed by atoms with Gasteiger partial charge in [-0.15, -0.1) is 0 Å². The first kappa shape index (κ1) is 15.3. The van der Waals surface area contributed by atoms with Crippen LogP contribution in [0, 0.1) is 0 Å². The van der Waals surface area contributed by atoms with Crippen LogP contribution in [0.3, 0.4) is 0 Å². The number of hydrogen-bond donors (Lipinski definition) is 1. The fourth-order valence-electron chi connectivity index (χ4n) is 2.23. The highest BCUT2D eigenvalue weighted by atomic mass is 35.5.